The summed E-state index contributed by atoms with van der Waals surface area (Å²) in [5.74, 6) is 1.84. The number of rotatable bonds is 5. The molecule has 88 valence electrons. The summed E-state index contributed by atoms with van der Waals surface area (Å²) in [6, 6.07) is 4.19. The van der Waals surface area contributed by atoms with Crippen molar-refractivity contribution in [1.29, 1.82) is 0 Å². The normalized spacial score (nSPS) is 24.8. The molecule has 1 heterocycles. The molecule has 1 aromatic rings. The monoisotopic (exact) mass is 218 g/mol. The van der Waals surface area contributed by atoms with E-state index in [0.29, 0.717) is 0 Å². The van der Waals surface area contributed by atoms with Crippen LogP contribution < -0.4 is 5.32 Å². The highest BCUT2D eigenvalue weighted by Gasteiger charge is 2.22. The van der Waals surface area contributed by atoms with Gasteiger partial charge >= 0.3 is 0 Å². The van der Waals surface area contributed by atoms with E-state index < -0.39 is 0 Å². The van der Waals surface area contributed by atoms with Gasteiger partial charge in [0.1, 0.15) is 0 Å². The van der Waals surface area contributed by atoms with E-state index >= 15 is 0 Å². The highest BCUT2D eigenvalue weighted by molar-refractivity contribution is 5.09. The van der Waals surface area contributed by atoms with E-state index in [-0.39, 0.29) is 0 Å². The van der Waals surface area contributed by atoms with Crippen LogP contribution >= 0.6 is 0 Å². The molecule has 2 atom stereocenters. The average Bonchev–Trinajstić information content (AvgIpc) is 2.72. The molecule has 1 aliphatic rings. The van der Waals surface area contributed by atoms with Crippen LogP contribution in [0.2, 0.25) is 0 Å². The second-order valence-electron chi connectivity index (χ2n) is 4.98. The third-order valence-corrected chi connectivity index (χ3v) is 3.79. The van der Waals surface area contributed by atoms with Gasteiger partial charge in [-0.1, -0.05) is 19.8 Å². The van der Waals surface area contributed by atoms with Crippen molar-refractivity contribution >= 4 is 0 Å². The molecule has 1 saturated carbocycles. The Morgan fingerprint density at radius 1 is 1.31 bits per heavy atom. The number of nitrogens with one attached hydrogen (secondary N) is 1. The fourth-order valence-corrected chi connectivity index (χ4v) is 2.60. The van der Waals surface area contributed by atoms with Crippen LogP contribution in [0.4, 0.5) is 0 Å². The number of hydrogen-bond donors (Lipinski definition) is 1. The Morgan fingerprint density at radius 2 is 2.12 bits per heavy atom. The van der Waals surface area contributed by atoms with Crippen LogP contribution in [0, 0.1) is 11.8 Å². The fourth-order valence-electron chi connectivity index (χ4n) is 2.60. The maximum absolute atomic E-state index is 4.03. The topological polar surface area (TPSA) is 24.9 Å². The SMILES string of the molecule is CC1CCCC1CNCCc1ccncc1. The van der Waals surface area contributed by atoms with Crippen LogP contribution in [0.25, 0.3) is 0 Å². The minimum absolute atomic E-state index is 0.914. The van der Waals surface area contributed by atoms with Crippen LogP contribution in [0.5, 0.6) is 0 Å². The smallest absolute Gasteiger partial charge is 0.0270 e. The van der Waals surface area contributed by atoms with Gasteiger partial charge < -0.3 is 5.32 Å². The maximum Gasteiger partial charge on any atom is 0.0270 e. The van der Waals surface area contributed by atoms with Crippen molar-refractivity contribution < 1.29 is 0 Å². The summed E-state index contributed by atoms with van der Waals surface area (Å²) in [5, 5.41) is 3.59. The largest absolute Gasteiger partial charge is 0.316 e. The first-order chi connectivity index (χ1) is 7.86. The molecule has 1 aromatic heterocycles. The molecule has 2 unspecified atom stereocenters. The second-order valence-corrected chi connectivity index (χ2v) is 4.98. The molecule has 0 radical (unpaired) electrons. The predicted molar refractivity (Wildman–Crippen MR) is 67.3 cm³/mol. The number of aromatic nitrogens is 1. The third kappa shape index (κ3) is 3.31. The van der Waals surface area contributed by atoms with Crippen molar-refractivity contribution in [3.8, 4) is 0 Å². The lowest BCUT2D eigenvalue weighted by Gasteiger charge is -2.15. The van der Waals surface area contributed by atoms with Crippen LogP contribution in [0.15, 0.2) is 24.5 Å². The van der Waals surface area contributed by atoms with E-state index in [0.717, 1.165) is 24.8 Å². The van der Waals surface area contributed by atoms with Crippen LogP contribution in [0.3, 0.4) is 0 Å². The standard InChI is InChI=1S/C14H22N2/c1-12-3-2-4-14(12)11-16-10-7-13-5-8-15-9-6-13/h5-6,8-9,12,14,16H,2-4,7,10-11H2,1H3. The number of hydrogen-bond acceptors (Lipinski definition) is 2. The van der Waals surface area contributed by atoms with E-state index in [4.69, 9.17) is 0 Å². The Bertz CT molecular complexity index is 297. The van der Waals surface area contributed by atoms with E-state index in [1.54, 1.807) is 0 Å². The molecule has 1 aliphatic carbocycles. The van der Waals surface area contributed by atoms with Gasteiger partial charge in [0.2, 0.25) is 0 Å². The van der Waals surface area contributed by atoms with E-state index in [9.17, 15) is 0 Å². The summed E-state index contributed by atoms with van der Waals surface area (Å²) >= 11 is 0. The molecule has 1 N–H and O–H groups in total. The fraction of sp³-hybridized carbons (Fsp3) is 0.643. The maximum atomic E-state index is 4.03. The van der Waals surface area contributed by atoms with Gasteiger partial charge in [-0.05, 0) is 55.5 Å². The van der Waals surface area contributed by atoms with Crippen LogP contribution in [-0.2, 0) is 6.42 Å². The predicted octanol–water partition coefficient (Wildman–Crippen LogP) is 2.65. The molecule has 2 rings (SSSR count). The van der Waals surface area contributed by atoms with Crippen LogP contribution in [0.1, 0.15) is 31.7 Å². The molecule has 0 spiro atoms. The van der Waals surface area contributed by atoms with Crippen LogP contribution in [-0.4, -0.2) is 18.1 Å². The number of nitrogens with zero attached hydrogens (tertiary/aromatic N) is 1. The van der Waals surface area contributed by atoms with E-state index in [1.165, 1.54) is 31.4 Å². The highest BCUT2D eigenvalue weighted by Crippen LogP contribution is 2.30. The summed E-state index contributed by atoms with van der Waals surface area (Å²) in [6.45, 7) is 4.68. The van der Waals surface area contributed by atoms with Crippen molar-refractivity contribution in [3.63, 3.8) is 0 Å². The van der Waals surface area contributed by atoms with Gasteiger partial charge in [0.05, 0.1) is 0 Å². The zero-order valence-corrected chi connectivity index (χ0v) is 10.2. The molecule has 1 fully saturated rings. The first-order valence-corrected chi connectivity index (χ1v) is 6.46. The molecule has 2 heteroatoms. The Kier molecular flexibility index (Phi) is 4.34. The Labute approximate surface area is 98.5 Å². The molecular weight excluding hydrogens is 196 g/mol. The summed E-state index contributed by atoms with van der Waals surface area (Å²) < 4.78 is 0. The Hall–Kier alpha value is -0.890. The van der Waals surface area contributed by atoms with Gasteiger partial charge in [-0.15, -0.1) is 0 Å². The second kappa shape index (κ2) is 6.00. The lowest BCUT2D eigenvalue weighted by molar-refractivity contribution is 0.394. The highest BCUT2D eigenvalue weighted by atomic mass is 14.9. The van der Waals surface area contributed by atoms with Gasteiger partial charge in [-0.2, -0.15) is 0 Å². The van der Waals surface area contributed by atoms with E-state index in [2.05, 4.69) is 29.4 Å². The summed E-state index contributed by atoms with van der Waals surface area (Å²) in [5.41, 5.74) is 1.38. The Balaban J connectivity index is 1.62. The van der Waals surface area contributed by atoms with Crippen molar-refractivity contribution in [1.82, 2.24) is 10.3 Å². The first kappa shape index (κ1) is 11.6. The van der Waals surface area contributed by atoms with E-state index in [1.807, 2.05) is 12.4 Å². The van der Waals surface area contributed by atoms with Crippen molar-refractivity contribution in [3.05, 3.63) is 30.1 Å². The first-order valence-electron chi connectivity index (χ1n) is 6.46. The van der Waals surface area contributed by atoms with Gasteiger partial charge in [0.25, 0.3) is 0 Å². The molecule has 2 nitrogen and oxygen atoms in total. The van der Waals surface area contributed by atoms with Crippen molar-refractivity contribution in [2.75, 3.05) is 13.1 Å². The summed E-state index contributed by atoms with van der Waals surface area (Å²) in [4.78, 5) is 4.03. The lowest BCUT2D eigenvalue weighted by Crippen LogP contribution is -2.26. The van der Waals surface area contributed by atoms with Gasteiger partial charge in [0, 0.05) is 12.4 Å². The zero-order chi connectivity index (χ0) is 11.2. The zero-order valence-electron chi connectivity index (χ0n) is 10.2. The molecule has 0 bridgehead atoms. The van der Waals surface area contributed by atoms with Gasteiger partial charge in [-0.3, -0.25) is 4.98 Å². The minimum Gasteiger partial charge on any atom is -0.316 e. The van der Waals surface area contributed by atoms with Gasteiger partial charge in [0.15, 0.2) is 0 Å². The summed E-state index contributed by atoms with van der Waals surface area (Å²) in [6.07, 6.45) is 9.13. The number of pyridine rings is 1. The average molecular weight is 218 g/mol. The minimum atomic E-state index is 0.914. The molecule has 0 saturated heterocycles. The molecule has 0 amide bonds. The Morgan fingerprint density at radius 3 is 2.81 bits per heavy atom. The molecular formula is C14H22N2. The quantitative estimate of drug-likeness (QED) is 0.769. The summed E-state index contributed by atoms with van der Waals surface area (Å²) in [7, 11) is 0. The van der Waals surface area contributed by atoms with Crippen molar-refractivity contribution in [2.45, 2.75) is 32.6 Å². The van der Waals surface area contributed by atoms with Gasteiger partial charge in [-0.25, -0.2) is 0 Å². The lowest BCUT2D eigenvalue weighted by atomic mass is 9.98. The molecule has 0 aromatic carbocycles. The molecule has 16 heavy (non-hydrogen) atoms. The van der Waals surface area contributed by atoms with Crippen molar-refractivity contribution in [2.24, 2.45) is 11.8 Å². The third-order valence-electron chi connectivity index (χ3n) is 3.79. The molecule has 0 aliphatic heterocycles.